The highest BCUT2D eigenvalue weighted by Gasteiger charge is 2.34. The van der Waals surface area contributed by atoms with E-state index in [9.17, 15) is 0 Å². The summed E-state index contributed by atoms with van der Waals surface area (Å²) in [5, 5.41) is 0.401. The highest BCUT2D eigenvalue weighted by atomic mass is 35.5. The van der Waals surface area contributed by atoms with Crippen molar-refractivity contribution < 1.29 is 0 Å². The van der Waals surface area contributed by atoms with E-state index in [1.807, 2.05) is 6.20 Å². The summed E-state index contributed by atoms with van der Waals surface area (Å²) in [6.45, 7) is 2.34. The molecule has 0 aliphatic heterocycles. The molecule has 72 valence electrons. The lowest BCUT2D eigenvalue weighted by atomic mass is 9.85. The number of rotatable bonds is 2. The zero-order valence-electron chi connectivity index (χ0n) is 7.79. The molecule has 1 nitrogen and oxygen atoms in total. The molecule has 0 bridgehead atoms. The van der Waals surface area contributed by atoms with Crippen molar-refractivity contribution in [3.8, 4) is 0 Å². The number of halogens is 1. The summed E-state index contributed by atoms with van der Waals surface area (Å²) in [6.07, 6.45) is 6.64. The average molecular weight is 216 g/mol. The summed E-state index contributed by atoms with van der Waals surface area (Å²) in [4.78, 5) is 1.40. The number of alkyl halides is 1. The first-order chi connectivity index (χ1) is 6.18. The quantitative estimate of drug-likeness (QED) is 0.689. The van der Waals surface area contributed by atoms with Gasteiger partial charge in [0.1, 0.15) is 0 Å². The summed E-state index contributed by atoms with van der Waals surface area (Å²) in [5.41, 5.74) is 0.430. The maximum atomic E-state index is 6.12. The Morgan fingerprint density at radius 1 is 1.77 bits per heavy atom. The molecule has 1 heterocycles. The van der Waals surface area contributed by atoms with Crippen LogP contribution in [-0.4, -0.2) is 9.75 Å². The van der Waals surface area contributed by atoms with Crippen LogP contribution in [0.1, 0.15) is 31.1 Å². The number of nitrogens with zero attached hydrogens (tertiary/aromatic N) is 1. The molecule has 1 aromatic rings. The molecular weight excluding hydrogens is 202 g/mol. The minimum absolute atomic E-state index is 0.401. The Morgan fingerprint density at radius 2 is 2.62 bits per heavy atom. The molecule has 1 saturated carbocycles. The second-order valence-corrected chi connectivity index (χ2v) is 5.84. The van der Waals surface area contributed by atoms with Gasteiger partial charge in [-0.05, 0) is 48.7 Å². The van der Waals surface area contributed by atoms with Gasteiger partial charge in [0.2, 0.25) is 0 Å². The normalized spacial score (nSPS) is 33.8. The van der Waals surface area contributed by atoms with Crippen molar-refractivity contribution in [1.82, 2.24) is 4.37 Å². The monoisotopic (exact) mass is 215 g/mol. The summed E-state index contributed by atoms with van der Waals surface area (Å²) in [7, 11) is 0. The van der Waals surface area contributed by atoms with Crippen molar-refractivity contribution in [3.63, 3.8) is 0 Å². The van der Waals surface area contributed by atoms with Crippen LogP contribution in [0.3, 0.4) is 0 Å². The van der Waals surface area contributed by atoms with Gasteiger partial charge < -0.3 is 0 Å². The first-order valence-corrected chi connectivity index (χ1v) is 5.93. The van der Waals surface area contributed by atoms with Crippen molar-refractivity contribution in [2.45, 2.75) is 38.0 Å². The van der Waals surface area contributed by atoms with Gasteiger partial charge in [0, 0.05) is 16.5 Å². The van der Waals surface area contributed by atoms with Gasteiger partial charge in [-0.2, -0.15) is 0 Å². The van der Waals surface area contributed by atoms with E-state index < -0.39 is 0 Å². The largest absolute Gasteiger partial charge is 0.201 e. The van der Waals surface area contributed by atoms with Crippen LogP contribution >= 0.6 is 23.1 Å². The molecule has 2 unspecified atom stereocenters. The first kappa shape index (κ1) is 9.47. The van der Waals surface area contributed by atoms with Gasteiger partial charge in [-0.1, -0.05) is 6.92 Å². The third-order valence-corrected chi connectivity index (χ3v) is 3.98. The SMILES string of the molecule is CC1(Cc2ccns2)CCC(Cl)C1. The molecular formula is C10H14ClNS. The molecule has 0 spiro atoms. The molecule has 2 atom stereocenters. The lowest BCUT2D eigenvalue weighted by Gasteiger charge is -2.22. The topological polar surface area (TPSA) is 12.9 Å². The van der Waals surface area contributed by atoms with E-state index in [0.717, 1.165) is 12.8 Å². The van der Waals surface area contributed by atoms with Crippen molar-refractivity contribution in [2.24, 2.45) is 5.41 Å². The smallest absolute Gasteiger partial charge is 0.0409 e. The van der Waals surface area contributed by atoms with E-state index in [2.05, 4.69) is 17.4 Å². The van der Waals surface area contributed by atoms with Gasteiger partial charge in [-0.25, -0.2) is 4.37 Å². The Kier molecular flexibility index (Phi) is 2.61. The predicted octanol–water partition coefficient (Wildman–Crippen LogP) is 3.48. The molecule has 0 aromatic carbocycles. The van der Waals surface area contributed by atoms with E-state index in [-0.39, 0.29) is 0 Å². The molecule has 0 N–H and O–H groups in total. The number of aromatic nitrogens is 1. The van der Waals surface area contributed by atoms with Crippen LogP contribution in [0.4, 0.5) is 0 Å². The van der Waals surface area contributed by atoms with Crippen molar-refractivity contribution in [2.75, 3.05) is 0 Å². The molecule has 0 radical (unpaired) electrons. The fraction of sp³-hybridized carbons (Fsp3) is 0.700. The van der Waals surface area contributed by atoms with Crippen molar-refractivity contribution in [1.29, 1.82) is 0 Å². The van der Waals surface area contributed by atoms with Crippen molar-refractivity contribution >= 4 is 23.1 Å². The third-order valence-electron chi connectivity index (χ3n) is 2.87. The third kappa shape index (κ3) is 2.23. The van der Waals surface area contributed by atoms with E-state index in [1.54, 1.807) is 11.5 Å². The Labute approximate surface area is 88.3 Å². The van der Waals surface area contributed by atoms with E-state index in [1.165, 1.54) is 17.7 Å². The molecule has 1 aromatic heterocycles. The van der Waals surface area contributed by atoms with E-state index in [0.29, 0.717) is 10.8 Å². The van der Waals surface area contributed by atoms with Gasteiger partial charge >= 0.3 is 0 Å². The first-order valence-electron chi connectivity index (χ1n) is 4.72. The van der Waals surface area contributed by atoms with Gasteiger partial charge in [0.05, 0.1) is 0 Å². The van der Waals surface area contributed by atoms with Crippen LogP contribution in [0.15, 0.2) is 12.3 Å². The summed E-state index contributed by atoms with van der Waals surface area (Å²) < 4.78 is 4.12. The zero-order chi connectivity index (χ0) is 9.31. The molecule has 0 saturated heterocycles. The predicted molar refractivity (Wildman–Crippen MR) is 57.4 cm³/mol. The van der Waals surface area contributed by atoms with Crippen LogP contribution < -0.4 is 0 Å². The standard InChI is InChI=1S/C10H14ClNS/c1-10(4-2-8(11)6-10)7-9-3-5-12-13-9/h3,5,8H,2,4,6-7H2,1H3. The summed E-state index contributed by atoms with van der Waals surface area (Å²) in [5.74, 6) is 0. The van der Waals surface area contributed by atoms with Crippen LogP contribution in [0.25, 0.3) is 0 Å². The number of hydrogen-bond donors (Lipinski definition) is 0. The molecule has 1 aliphatic rings. The van der Waals surface area contributed by atoms with Gasteiger partial charge in [-0.3, -0.25) is 0 Å². The Bertz CT molecular complexity index is 272. The Balaban J connectivity index is 2.01. The molecule has 2 rings (SSSR count). The Hall–Kier alpha value is -0.0800. The Morgan fingerprint density at radius 3 is 3.15 bits per heavy atom. The average Bonchev–Trinajstić information content (AvgIpc) is 2.62. The van der Waals surface area contributed by atoms with Gasteiger partial charge in [0.15, 0.2) is 0 Å². The molecule has 3 heteroatoms. The fourth-order valence-corrected chi connectivity index (χ4v) is 3.43. The van der Waals surface area contributed by atoms with E-state index in [4.69, 9.17) is 11.6 Å². The maximum absolute atomic E-state index is 6.12. The van der Waals surface area contributed by atoms with E-state index >= 15 is 0 Å². The highest BCUT2D eigenvalue weighted by Crippen LogP contribution is 2.43. The molecule has 1 aliphatic carbocycles. The van der Waals surface area contributed by atoms with Crippen LogP contribution in [0, 0.1) is 5.41 Å². The second-order valence-electron chi connectivity index (χ2n) is 4.31. The van der Waals surface area contributed by atoms with Crippen LogP contribution in [0.2, 0.25) is 0 Å². The summed E-state index contributed by atoms with van der Waals surface area (Å²) in [6, 6.07) is 2.12. The zero-order valence-corrected chi connectivity index (χ0v) is 9.37. The minimum atomic E-state index is 0.401. The highest BCUT2D eigenvalue weighted by molar-refractivity contribution is 7.05. The van der Waals surface area contributed by atoms with Gasteiger partial charge in [-0.15, -0.1) is 11.6 Å². The fourth-order valence-electron chi connectivity index (χ4n) is 2.16. The van der Waals surface area contributed by atoms with Crippen LogP contribution in [0.5, 0.6) is 0 Å². The molecule has 1 fully saturated rings. The maximum Gasteiger partial charge on any atom is 0.0409 e. The van der Waals surface area contributed by atoms with Crippen molar-refractivity contribution in [3.05, 3.63) is 17.1 Å². The lowest BCUT2D eigenvalue weighted by Crippen LogP contribution is -2.14. The minimum Gasteiger partial charge on any atom is -0.201 e. The van der Waals surface area contributed by atoms with Gasteiger partial charge in [0.25, 0.3) is 0 Å². The number of hydrogen-bond acceptors (Lipinski definition) is 2. The molecule has 13 heavy (non-hydrogen) atoms. The second kappa shape index (κ2) is 3.58. The summed E-state index contributed by atoms with van der Waals surface area (Å²) >= 11 is 7.74. The molecule has 0 amide bonds. The lowest BCUT2D eigenvalue weighted by molar-refractivity contribution is 0.338. The van der Waals surface area contributed by atoms with Crippen LogP contribution in [-0.2, 0) is 6.42 Å².